The predicted octanol–water partition coefficient (Wildman–Crippen LogP) is 5.00. The largest absolute Gasteiger partial charge is 0.465 e. The van der Waals surface area contributed by atoms with E-state index in [1.54, 1.807) is 12.1 Å². The third-order valence-electron chi connectivity index (χ3n) is 11.6. The summed E-state index contributed by atoms with van der Waals surface area (Å²) in [5.74, 6) is -1.67. The van der Waals surface area contributed by atoms with Crippen molar-refractivity contribution in [3.05, 3.63) is 35.9 Å². The highest BCUT2D eigenvalue weighted by Crippen LogP contribution is 2.68. The maximum Gasteiger partial charge on any atom is 0.302 e. The first-order valence-corrected chi connectivity index (χ1v) is 18.8. The fraction of sp³-hybridized carbons (Fsp3) is 0.684. The lowest BCUT2D eigenvalue weighted by Crippen LogP contribution is -2.70. The molecule has 1 N–H and O–H groups in total. The molecule has 0 radical (unpaired) electrons. The molecule has 0 spiro atoms. The molecule has 12 heteroatoms. The van der Waals surface area contributed by atoms with Gasteiger partial charge in [-0.25, -0.2) is 0 Å². The summed E-state index contributed by atoms with van der Waals surface area (Å²) in [7, 11) is 3.92. The van der Waals surface area contributed by atoms with Crippen LogP contribution in [0.5, 0.6) is 0 Å². The fourth-order valence-corrected chi connectivity index (χ4v) is 10.9. The molecule has 1 aromatic carbocycles. The predicted molar refractivity (Wildman–Crippen MR) is 189 cm³/mol. The van der Waals surface area contributed by atoms with Crippen LogP contribution in [-0.2, 0) is 38.2 Å². The topological polar surface area (TPSA) is 145 Å². The molecule has 11 nitrogen and oxygen atoms in total. The molecule has 1 aromatic rings. The van der Waals surface area contributed by atoms with E-state index < -0.39 is 40.2 Å². The quantitative estimate of drug-likeness (QED) is 0.218. The molecule has 50 heavy (non-hydrogen) atoms. The Balaban J connectivity index is 1.94. The van der Waals surface area contributed by atoms with Gasteiger partial charge in [-0.2, -0.15) is 0 Å². The Bertz CT molecular complexity index is 1400. The summed E-state index contributed by atoms with van der Waals surface area (Å²) in [5.41, 5.74) is -1.79. The molecule has 0 saturated heterocycles. The van der Waals surface area contributed by atoms with E-state index in [-0.39, 0.29) is 67.3 Å². The monoisotopic (exact) mass is 714 g/mol. The molecule has 0 bridgehead atoms. The van der Waals surface area contributed by atoms with E-state index in [1.165, 1.54) is 32.5 Å². The van der Waals surface area contributed by atoms with Crippen LogP contribution < -0.4 is 5.32 Å². The molecule has 4 rings (SSSR count). The maximum atomic E-state index is 13.7. The van der Waals surface area contributed by atoms with Gasteiger partial charge in [-0.05, 0) is 64.5 Å². The fourth-order valence-electron chi connectivity index (χ4n) is 9.66. The summed E-state index contributed by atoms with van der Waals surface area (Å²) in [6.07, 6.45) is 4.15. The van der Waals surface area contributed by atoms with Gasteiger partial charge < -0.3 is 24.4 Å². The van der Waals surface area contributed by atoms with Crippen LogP contribution in [0.2, 0.25) is 0 Å². The number of carbonyl (C=O) groups excluding carboxylic acids is 6. The van der Waals surface area contributed by atoms with E-state index in [4.69, 9.17) is 14.2 Å². The number of esters is 3. The molecule has 3 aliphatic carbocycles. The zero-order valence-corrected chi connectivity index (χ0v) is 31.2. The van der Waals surface area contributed by atoms with Crippen LogP contribution in [0.3, 0.4) is 0 Å². The summed E-state index contributed by atoms with van der Waals surface area (Å²) in [6, 6.07) is 8.35. The summed E-state index contributed by atoms with van der Waals surface area (Å²) in [6.45, 7) is 6.03. The Morgan fingerprint density at radius 1 is 0.840 bits per heavy atom. The first-order valence-electron chi connectivity index (χ1n) is 17.8. The van der Waals surface area contributed by atoms with Crippen molar-refractivity contribution >= 4 is 46.5 Å². The Labute approximate surface area is 300 Å². The molecule has 1 amide bonds. The maximum absolute atomic E-state index is 13.7. The van der Waals surface area contributed by atoms with E-state index in [1.807, 2.05) is 39.2 Å². The van der Waals surface area contributed by atoms with E-state index in [9.17, 15) is 28.8 Å². The second-order valence-electron chi connectivity index (χ2n) is 14.8. The molecular formula is C38H54N2O9S. The Kier molecular flexibility index (Phi) is 13.3. The SMILES string of the molecule is CCCC(=O)NC1CC(=O)CCC2C1(CSC(=O)c1ccccc1)CCC1C(COC(C)=O)(COC(C)=O)C(N(C)C)CCC21COC(C)=O. The zero-order valence-electron chi connectivity index (χ0n) is 30.4. The van der Waals surface area contributed by atoms with Gasteiger partial charge in [-0.1, -0.05) is 49.0 Å². The number of ether oxygens (including phenoxy) is 3. The summed E-state index contributed by atoms with van der Waals surface area (Å²) < 4.78 is 17.6. The highest BCUT2D eigenvalue weighted by Gasteiger charge is 2.69. The molecule has 3 aliphatic rings. The van der Waals surface area contributed by atoms with Crippen LogP contribution in [0.4, 0.5) is 0 Å². The van der Waals surface area contributed by atoms with Crippen LogP contribution in [0.15, 0.2) is 30.3 Å². The minimum atomic E-state index is -0.879. The van der Waals surface area contributed by atoms with Gasteiger partial charge in [-0.3, -0.25) is 28.8 Å². The molecule has 3 saturated carbocycles. The van der Waals surface area contributed by atoms with E-state index in [2.05, 4.69) is 10.2 Å². The van der Waals surface area contributed by atoms with Crippen LogP contribution in [0.25, 0.3) is 0 Å². The van der Waals surface area contributed by atoms with Crippen molar-refractivity contribution in [1.29, 1.82) is 0 Å². The van der Waals surface area contributed by atoms with Crippen molar-refractivity contribution in [3.8, 4) is 0 Å². The number of rotatable bonds is 13. The average Bonchev–Trinajstić information content (AvgIpc) is 3.20. The van der Waals surface area contributed by atoms with Crippen molar-refractivity contribution in [2.75, 3.05) is 39.7 Å². The standard InChI is InChI=1S/C38H54N2O9S/c1-7-11-34(45)39-32-20-29(44)14-15-30-36(21-47-25(2)41)19-17-33(40(5)6)38(22-48-26(3)42,23-49-27(4)43)31(36)16-18-37(30,32)24-50-35(46)28-12-9-8-10-13-28/h8-10,12-13,30-33H,7,11,14-24H2,1-6H3,(H,39,45). The van der Waals surface area contributed by atoms with Crippen LogP contribution in [0.1, 0.15) is 95.8 Å². The Hall–Kier alpha value is -3.25. The molecule has 0 aromatic heterocycles. The third kappa shape index (κ3) is 8.44. The van der Waals surface area contributed by atoms with Crippen molar-refractivity contribution < 1.29 is 43.0 Å². The lowest BCUT2D eigenvalue weighted by molar-refractivity contribution is -0.226. The van der Waals surface area contributed by atoms with Gasteiger partial charge in [-0.15, -0.1) is 0 Å². The Morgan fingerprint density at radius 3 is 2.02 bits per heavy atom. The van der Waals surface area contributed by atoms with Gasteiger partial charge in [0.05, 0.1) is 12.0 Å². The first-order chi connectivity index (χ1) is 23.7. The lowest BCUT2D eigenvalue weighted by Gasteiger charge is -2.67. The number of thioether (sulfide) groups is 1. The van der Waals surface area contributed by atoms with Gasteiger partial charge in [0.2, 0.25) is 11.0 Å². The van der Waals surface area contributed by atoms with Crippen molar-refractivity contribution in [3.63, 3.8) is 0 Å². The summed E-state index contributed by atoms with van der Waals surface area (Å²) in [5, 5.41) is 3.16. The van der Waals surface area contributed by atoms with Crippen molar-refractivity contribution in [2.45, 2.75) is 97.6 Å². The number of Topliss-reactive ketones (excluding diaryl/α,β-unsaturated/α-hetero) is 1. The van der Waals surface area contributed by atoms with Gasteiger partial charge in [0.15, 0.2) is 0 Å². The molecule has 0 heterocycles. The zero-order chi connectivity index (χ0) is 36.7. The number of nitrogens with one attached hydrogen (secondary N) is 1. The smallest absolute Gasteiger partial charge is 0.302 e. The number of hydrogen-bond acceptors (Lipinski definition) is 11. The minimum Gasteiger partial charge on any atom is -0.465 e. The minimum absolute atomic E-state index is 0.0124. The number of amides is 1. The van der Waals surface area contributed by atoms with E-state index >= 15 is 0 Å². The molecular weight excluding hydrogens is 660 g/mol. The number of ketones is 1. The van der Waals surface area contributed by atoms with E-state index in [0.717, 1.165) is 0 Å². The van der Waals surface area contributed by atoms with Crippen LogP contribution >= 0.6 is 11.8 Å². The number of fused-ring (bicyclic) bond motifs is 3. The second kappa shape index (κ2) is 16.8. The van der Waals surface area contributed by atoms with Crippen molar-refractivity contribution in [1.82, 2.24) is 10.2 Å². The van der Waals surface area contributed by atoms with Gasteiger partial charge in [0.1, 0.15) is 19.0 Å². The van der Waals surface area contributed by atoms with Gasteiger partial charge in [0.25, 0.3) is 0 Å². The van der Waals surface area contributed by atoms with Crippen LogP contribution in [0, 0.1) is 28.1 Å². The molecule has 0 aliphatic heterocycles. The molecule has 3 fully saturated rings. The summed E-state index contributed by atoms with van der Waals surface area (Å²) in [4.78, 5) is 80.1. The number of nitrogens with zero attached hydrogens (tertiary/aromatic N) is 1. The third-order valence-corrected chi connectivity index (χ3v) is 12.8. The first kappa shape index (κ1) is 39.5. The highest BCUT2D eigenvalue weighted by atomic mass is 32.2. The lowest BCUT2D eigenvalue weighted by atomic mass is 9.40. The Morgan fingerprint density at radius 2 is 1.44 bits per heavy atom. The number of carbonyl (C=O) groups is 6. The molecule has 276 valence electrons. The number of benzene rings is 1. The number of hydrogen-bond donors (Lipinski definition) is 1. The van der Waals surface area contributed by atoms with Gasteiger partial charge >= 0.3 is 17.9 Å². The molecule has 6 unspecified atom stereocenters. The highest BCUT2D eigenvalue weighted by molar-refractivity contribution is 8.14. The average molecular weight is 715 g/mol. The van der Waals surface area contributed by atoms with E-state index in [0.29, 0.717) is 56.3 Å². The second-order valence-corrected chi connectivity index (χ2v) is 15.7. The van der Waals surface area contributed by atoms with Gasteiger partial charge in [0, 0.05) is 74.3 Å². The van der Waals surface area contributed by atoms with Crippen LogP contribution in [-0.4, -0.2) is 91.4 Å². The molecule has 6 atom stereocenters. The summed E-state index contributed by atoms with van der Waals surface area (Å²) >= 11 is 1.21. The normalized spacial score (nSPS) is 28.7. The van der Waals surface area contributed by atoms with Crippen molar-refractivity contribution in [2.24, 2.45) is 28.1 Å².